The van der Waals surface area contributed by atoms with Crippen LogP contribution in [0.15, 0.2) is 24.3 Å². The molecule has 1 atom stereocenters. The Kier molecular flexibility index (Phi) is 4.70. The molecule has 0 spiro atoms. The first kappa shape index (κ1) is 14.2. The van der Waals surface area contributed by atoms with Gasteiger partial charge in [-0.15, -0.1) is 11.6 Å². The zero-order valence-corrected chi connectivity index (χ0v) is 12.4. The first-order chi connectivity index (χ1) is 9.11. The normalized spacial score (nSPS) is 19.3. The van der Waals surface area contributed by atoms with E-state index in [-0.39, 0.29) is 5.91 Å². The largest absolute Gasteiger partial charge is 0.378 e. The van der Waals surface area contributed by atoms with Gasteiger partial charge in [-0.2, -0.15) is 0 Å². The number of carbonyl (C=O) groups excluding carboxylic acids is 1. The van der Waals surface area contributed by atoms with Gasteiger partial charge in [-0.05, 0) is 37.0 Å². The molecule has 19 heavy (non-hydrogen) atoms. The molecule has 1 amide bonds. The van der Waals surface area contributed by atoms with Gasteiger partial charge in [-0.1, -0.05) is 6.07 Å². The summed E-state index contributed by atoms with van der Waals surface area (Å²) in [6, 6.07) is 7.78. The minimum atomic E-state index is 0.124. The van der Waals surface area contributed by atoms with Crippen LogP contribution < -0.4 is 4.90 Å². The van der Waals surface area contributed by atoms with E-state index in [4.69, 9.17) is 11.6 Å². The second-order valence-electron chi connectivity index (χ2n) is 5.36. The van der Waals surface area contributed by atoms with Gasteiger partial charge >= 0.3 is 0 Å². The van der Waals surface area contributed by atoms with Crippen molar-refractivity contribution < 1.29 is 4.79 Å². The molecule has 0 bridgehead atoms. The van der Waals surface area contributed by atoms with Crippen LogP contribution >= 0.6 is 11.6 Å². The van der Waals surface area contributed by atoms with E-state index in [0.717, 1.165) is 37.2 Å². The number of amides is 1. The van der Waals surface area contributed by atoms with E-state index in [9.17, 15) is 4.79 Å². The van der Waals surface area contributed by atoms with E-state index >= 15 is 0 Å². The van der Waals surface area contributed by atoms with Gasteiger partial charge in [0.05, 0.1) is 0 Å². The van der Waals surface area contributed by atoms with Crippen LogP contribution in [0.4, 0.5) is 5.69 Å². The lowest BCUT2D eigenvalue weighted by Gasteiger charge is -2.32. The molecule has 0 aromatic heterocycles. The van der Waals surface area contributed by atoms with E-state index in [2.05, 4.69) is 0 Å². The number of nitrogens with zero attached hydrogens (tertiary/aromatic N) is 2. The zero-order chi connectivity index (χ0) is 13.8. The fourth-order valence-electron chi connectivity index (χ4n) is 2.48. The molecule has 1 aliphatic heterocycles. The molecular formula is C15H21ClN2O. The smallest absolute Gasteiger partial charge is 0.253 e. The van der Waals surface area contributed by atoms with E-state index in [1.54, 1.807) is 0 Å². The molecule has 2 rings (SSSR count). The number of hydrogen-bond donors (Lipinski definition) is 0. The maximum absolute atomic E-state index is 12.5. The predicted molar refractivity (Wildman–Crippen MR) is 80.1 cm³/mol. The second kappa shape index (κ2) is 6.29. The van der Waals surface area contributed by atoms with Gasteiger partial charge in [0.25, 0.3) is 5.91 Å². The van der Waals surface area contributed by atoms with Crippen LogP contribution in [0.3, 0.4) is 0 Å². The Labute approximate surface area is 120 Å². The summed E-state index contributed by atoms with van der Waals surface area (Å²) in [5.74, 6) is 1.21. The number of halogens is 1. The summed E-state index contributed by atoms with van der Waals surface area (Å²) in [7, 11) is 3.96. The number of anilines is 1. The fourth-order valence-corrected chi connectivity index (χ4v) is 2.73. The fraction of sp³-hybridized carbons (Fsp3) is 0.533. The van der Waals surface area contributed by atoms with Crippen LogP contribution in [0.5, 0.6) is 0 Å². The molecule has 0 N–H and O–H groups in total. The number of piperidine rings is 1. The molecule has 1 aromatic rings. The highest BCUT2D eigenvalue weighted by atomic mass is 35.5. The summed E-state index contributed by atoms with van der Waals surface area (Å²) in [5, 5.41) is 0. The van der Waals surface area contributed by atoms with E-state index in [1.165, 1.54) is 0 Å². The minimum absolute atomic E-state index is 0.124. The van der Waals surface area contributed by atoms with Crippen LogP contribution in [0, 0.1) is 5.92 Å². The highest BCUT2D eigenvalue weighted by Gasteiger charge is 2.24. The van der Waals surface area contributed by atoms with Crippen LogP contribution in [-0.4, -0.2) is 43.9 Å². The number of likely N-dealkylation sites (tertiary alicyclic amines) is 1. The highest BCUT2D eigenvalue weighted by Crippen LogP contribution is 2.21. The van der Waals surface area contributed by atoms with Crippen LogP contribution in [0.25, 0.3) is 0 Å². The molecule has 0 radical (unpaired) electrons. The van der Waals surface area contributed by atoms with Crippen LogP contribution in [0.2, 0.25) is 0 Å². The molecule has 104 valence electrons. The summed E-state index contributed by atoms with van der Waals surface area (Å²) < 4.78 is 0. The third kappa shape index (κ3) is 3.41. The van der Waals surface area contributed by atoms with Crippen LogP contribution in [0.1, 0.15) is 23.2 Å². The van der Waals surface area contributed by atoms with Gasteiger partial charge in [0.1, 0.15) is 0 Å². The molecule has 0 aliphatic carbocycles. The molecule has 4 heteroatoms. The van der Waals surface area contributed by atoms with Crippen molar-refractivity contribution in [3.05, 3.63) is 29.8 Å². The summed E-state index contributed by atoms with van der Waals surface area (Å²) in [6.45, 7) is 1.63. The Bertz CT molecular complexity index is 448. The van der Waals surface area contributed by atoms with Crippen molar-refractivity contribution in [1.29, 1.82) is 0 Å². The number of hydrogen-bond acceptors (Lipinski definition) is 2. The summed E-state index contributed by atoms with van der Waals surface area (Å²) in [6.07, 6.45) is 2.18. The zero-order valence-electron chi connectivity index (χ0n) is 11.6. The molecule has 1 saturated heterocycles. The molecule has 0 saturated carbocycles. The molecule has 1 unspecified atom stereocenters. The van der Waals surface area contributed by atoms with E-state index in [1.807, 2.05) is 48.2 Å². The summed E-state index contributed by atoms with van der Waals surface area (Å²) in [5.41, 5.74) is 1.82. The average molecular weight is 281 g/mol. The lowest BCUT2D eigenvalue weighted by Crippen LogP contribution is -2.40. The molecule has 3 nitrogen and oxygen atoms in total. The topological polar surface area (TPSA) is 23.6 Å². The molecule has 1 fully saturated rings. The van der Waals surface area contributed by atoms with Crippen molar-refractivity contribution in [2.45, 2.75) is 12.8 Å². The Morgan fingerprint density at radius 1 is 1.47 bits per heavy atom. The third-order valence-electron chi connectivity index (χ3n) is 3.63. The molecule has 1 aliphatic rings. The molecule has 1 aromatic carbocycles. The van der Waals surface area contributed by atoms with E-state index in [0.29, 0.717) is 11.8 Å². The first-order valence-corrected chi connectivity index (χ1v) is 7.28. The van der Waals surface area contributed by atoms with Gasteiger partial charge in [0.2, 0.25) is 0 Å². The van der Waals surface area contributed by atoms with Gasteiger partial charge in [-0.25, -0.2) is 0 Å². The molecular weight excluding hydrogens is 260 g/mol. The van der Waals surface area contributed by atoms with Crippen molar-refractivity contribution in [1.82, 2.24) is 4.90 Å². The Morgan fingerprint density at radius 3 is 2.95 bits per heavy atom. The monoisotopic (exact) mass is 280 g/mol. The minimum Gasteiger partial charge on any atom is -0.378 e. The Balaban J connectivity index is 2.12. The Morgan fingerprint density at radius 2 is 2.26 bits per heavy atom. The lowest BCUT2D eigenvalue weighted by molar-refractivity contribution is 0.0685. The summed E-state index contributed by atoms with van der Waals surface area (Å²) >= 11 is 5.92. The number of carbonyl (C=O) groups is 1. The Hall–Kier alpha value is -1.22. The van der Waals surface area contributed by atoms with Gasteiger partial charge in [0.15, 0.2) is 0 Å². The number of alkyl halides is 1. The summed E-state index contributed by atoms with van der Waals surface area (Å²) in [4.78, 5) is 16.4. The van der Waals surface area contributed by atoms with Gasteiger partial charge in [0, 0.05) is 44.3 Å². The van der Waals surface area contributed by atoms with Crippen molar-refractivity contribution in [2.75, 3.05) is 38.0 Å². The van der Waals surface area contributed by atoms with Gasteiger partial charge in [-0.3, -0.25) is 4.79 Å². The van der Waals surface area contributed by atoms with Crippen molar-refractivity contribution in [3.63, 3.8) is 0 Å². The standard InChI is InChI=1S/C15H21ClN2O/c1-17(2)14-7-3-6-13(9-14)15(19)18-8-4-5-12(10-16)11-18/h3,6-7,9,12H,4-5,8,10-11H2,1-2H3. The maximum atomic E-state index is 12.5. The van der Waals surface area contributed by atoms with E-state index < -0.39 is 0 Å². The SMILES string of the molecule is CN(C)c1cccc(C(=O)N2CCCC(CCl)C2)c1. The van der Waals surface area contributed by atoms with Crippen LogP contribution in [-0.2, 0) is 0 Å². The van der Waals surface area contributed by atoms with Crippen molar-refractivity contribution in [3.8, 4) is 0 Å². The second-order valence-corrected chi connectivity index (χ2v) is 5.67. The first-order valence-electron chi connectivity index (χ1n) is 6.74. The highest BCUT2D eigenvalue weighted by molar-refractivity contribution is 6.18. The quantitative estimate of drug-likeness (QED) is 0.795. The van der Waals surface area contributed by atoms with Gasteiger partial charge < -0.3 is 9.80 Å². The number of benzene rings is 1. The maximum Gasteiger partial charge on any atom is 0.253 e. The van der Waals surface area contributed by atoms with Crippen molar-refractivity contribution in [2.24, 2.45) is 5.92 Å². The van der Waals surface area contributed by atoms with Crippen molar-refractivity contribution >= 4 is 23.2 Å². The predicted octanol–water partition coefficient (Wildman–Crippen LogP) is 2.84. The third-order valence-corrected chi connectivity index (χ3v) is 4.07. The average Bonchev–Trinajstić information content (AvgIpc) is 2.46. The number of rotatable bonds is 3. The lowest BCUT2D eigenvalue weighted by atomic mass is 9.99. The molecule has 1 heterocycles.